The van der Waals surface area contributed by atoms with Gasteiger partial charge in [-0.15, -0.1) is 0 Å². The third-order valence-corrected chi connectivity index (χ3v) is 6.62. The number of hydrogen-bond donors (Lipinski definition) is 0. The second-order valence-corrected chi connectivity index (χ2v) is 11.4. The number of halogens is 1. The van der Waals surface area contributed by atoms with Gasteiger partial charge in [0, 0.05) is 20.0 Å². The summed E-state index contributed by atoms with van der Waals surface area (Å²) in [4.78, 5) is 15.7. The molecule has 0 unspecified atom stereocenters. The number of pyridine rings is 1. The van der Waals surface area contributed by atoms with Crippen molar-refractivity contribution in [2.75, 3.05) is 18.0 Å². The molecular formula is C26H35BrN2O4. The Kier molecular flexibility index (Phi) is 7.74. The summed E-state index contributed by atoms with van der Waals surface area (Å²) in [6.07, 6.45) is 2.52. The summed E-state index contributed by atoms with van der Waals surface area (Å²) in [5, 5.41) is 12.7. The van der Waals surface area contributed by atoms with Crippen LogP contribution in [0.15, 0.2) is 41.0 Å². The summed E-state index contributed by atoms with van der Waals surface area (Å²) < 4.78 is 13.4. The van der Waals surface area contributed by atoms with Crippen LogP contribution in [0.1, 0.15) is 70.4 Å². The maximum Gasteiger partial charge on any atom is 0.340 e. The fourth-order valence-corrected chi connectivity index (χ4v) is 4.68. The molecule has 1 aromatic heterocycles. The molecule has 0 N–H and O–H groups in total. The van der Waals surface area contributed by atoms with Gasteiger partial charge >= 0.3 is 5.97 Å². The summed E-state index contributed by atoms with van der Waals surface area (Å²) in [7, 11) is 0. The van der Waals surface area contributed by atoms with Crippen LogP contribution in [0.4, 0.5) is 5.69 Å². The number of aromatic nitrogens is 1. The third-order valence-electron chi connectivity index (χ3n) is 6.04. The summed E-state index contributed by atoms with van der Waals surface area (Å²) in [6.45, 7) is 13.8. The van der Waals surface area contributed by atoms with Crippen molar-refractivity contribution < 1.29 is 19.0 Å². The van der Waals surface area contributed by atoms with Crippen LogP contribution in [0, 0.1) is 17.5 Å². The van der Waals surface area contributed by atoms with E-state index in [-0.39, 0.29) is 12.0 Å². The highest BCUT2D eigenvalue weighted by Crippen LogP contribution is 2.41. The second kappa shape index (κ2) is 10.0. The lowest BCUT2D eigenvalue weighted by molar-refractivity contribution is -0.613. The van der Waals surface area contributed by atoms with Gasteiger partial charge in [-0.1, -0.05) is 44.2 Å². The van der Waals surface area contributed by atoms with E-state index in [4.69, 9.17) is 9.47 Å². The highest BCUT2D eigenvalue weighted by molar-refractivity contribution is 9.10. The Morgan fingerprint density at radius 3 is 2.39 bits per heavy atom. The quantitative estimate of drug-likeness (QED) is 0.282. The molecule has 2 aromatic rings. The summed E-state index contributed by atoms with van der Waals surface area (Å²) in [6, 6.07) is 9.54. The Hall–Kier alpha value is -2.12. The molecule has 3 rings (SSSR count). The number of esters is 1. The zero-order valence-electron chi connectivity index (χ0n) is 20.5. The normalized spacial score (nSPS) is 17.0. The van der Waals surface area contributed by atoms with Gasteiger partial charge in [-0.25, -0.2) is 4.79 Å². The molecular weight excluding hydrogens is 484 g/mol. The predicted molar refractivity (Wildman–Crippen MR) is 133 cm³/mol. The topological polar surface area (TPSA) is 65.7 Å². The van der Waals surface area contributed by atoms with Crippen LogP contribution in [-0.4, -0.2) is 24.7 Å². The maximum atomic E-state index is 13.4. The van der Waals surface area contributed by atoms with Crippen molar-refractivity contribution in [1.29, 1.82) is 0 Å². The lowest BCUT2D eigenvalue weighted by Crippen LogP contribution is -2.42. The molecule has 7 heteroatoms. The molecule has 0 bridgehead atoms. The molecule has 1 fully saturated rings. The van der Waals surface area contributed by atoms with Crippen molar-refractivity contribution >= 4 is 27.6 Å². The minimum atomic E-state index is -1.03. The van der Waals surface area contributed by atoms with E-state index in [2.05, 4.69) is 34.7 Å². The first-order valence-corrected chi connectivity index (χ1v) is 12.2. The Morgan fingerprint density at radius 1 is 1.21 bits per heavy atom. The maximum absolute atomic E-state index is 13.4. The zero-order chi connectivity index (χ0) is 24.4. The van der Waals surface area contributed by atoms with Crippen LogP contribution in [0.2, 0.25) is 0 Å². The molecule has 1 saturated heterocycles. The Balaban J connectivity index is 2.02. The number of nitrogens with zero attached hydrogens (tertiary/aromatic N) is 2. The van der Waals surface area contributed by atoms with Gasteiger partial charge in [0.05, 0.1) is 16.9 Å². The number of ether oxygens (including phenoxy) is 2. The molecule has 2 heterocycles. The molecule has 33 heavy (non-hydrogen) atoms. The van der Waals surface area contributed by atoms with E-state index >= 15 is 0 Å². The standard InChI is InChI=1S/C26H35BrN2O4/c1-18-21(22(20(27)16-29(18)31)28-14-12-26(5,6)13-15-28)23(33-25(2,3)4)24(30)32-17-19-10-8-7-9-11-19/h7-11,16,23H,12-15,17H2,1-6H3/t23-/m0/s1. The molecule has 0 aliphatic carbocycles. The van der Waals surface area contributed by atoms with Crippen LogP contribution in [0.3, 0.4) is 0 Å². The molecule has 0 amide bonds. The number of carbonyl (C=O) groups is 1. The van der Waals surface area contributed by atoms with Crippen LogP contribution in [0.5, 0.6) is 0 Å². The predicted octanol–water partition coefficient (Wildman–Crippen LogP) is 5.62. The van der Waals surface area contributed by atoms with Gasteiger partial charge in [-0.3, -0.25) is 0 Å². The van der Waals surface area contributed by atoms with E-state index in [0.29, 0.717) is 15.7 Å². The van der Waals surface area contributed by atoms with Crippen molar-refractivity contribution in [3.8, 4) is 0 Å². The van der Waals surface area contributed by atoms with E-state index in [0.717, 1.165) is 41.9 Å². The summed E-state index contributed by atoms with van der Waals surface area (Å²) in [5.41, 5.74) is 2.36. The first-order chi connectivity index (χ1) is 15.4. The smallest absolute Gasteiger partial charge is 0.340 e. The van der Waals surface area contributed by atoms with Crippen molar-refractivity contribution in [3.05, 3.63) is 63.0 Å². The Morgan fingerprint density at radius 2 is 1.82 bits per heavy atom. The van der Waals surface area contributed by atoms with Crippen molar-refractivity contribution in [2.45, 2.75) is 72.7 Å². The fourth-order valence-electron chi connectivity index (χ4n) is 4.03. The van der Waals surface area contributed by atoms with Crippen LogP contribution in [0.25, 0.3) is 0 Å². The van der Waals surface area contributed by atoms with E-state index in [1.54, 1.807) is 6.92 Å². The monoisotopic (exact) mass is 518 g/mol. The van der Waals surface area contributed by atoms with Gasteiger partial charge < -0.3 is 19.6 Å². The van der Waals surface area contributed by atoms with E-state index < -0.39 is 17.7 Å². The van der Waals surface area contributed by atoms with Gasteiger partial charge in [-0.2, -0.15) is 4.73 Å². The van der Waals surface area contributed by atoms with Gasteiger partial charge in [0.1, 0.15) is 11.1 Å². The highest BCUT2D eigenvalue weighted by atomic mass is 79.9. The van der Waals surface area contributed by atoms with Gasteiger partial charge in [0.25, 0.3) is 0 Å². The Bertz CT molecular complexity index is 976. The number of piperidine rings is 1. The summed E-state index contributed by atoms with van der Waals surface area (Å²) >= 11 is 3.60. The SMILES string of the molecule is Cc1c([C@H](OC(C)(C)C)C(=O)OCc2ccccc2)c(N2CCC(C)(C)CC2)c(Br)c[n+]1[O-]. The number of rotatable bonds is 6. The molecule has 0 spiro atoms. The zero-order valence-corrected chi connectivity index (χ0v) is 22.1. The number of benzene rings is 1. The first-order valence-electron chi connectivity index (χ1n) is 11.4. The van der Waals surface area contributed by atoms with Gasteiger partial charge in [0.2, 0.25) is 0 Å². The van der Waals surface area contributed by atoms with E-state index in [1.165, 1.54) is 6.20 Å². The first kappa shape index (κ1) is 25.5. The lowest BCUT2D eigenvalue weighted by atomic mass is 9.82. The number of anilines is 1. The molecule has 180 valence electrons. The second-order valence-electron chi connectivity index (χ2n) is 10.5. The summed E-state index contributed by atoms with van der Waals surface area (Å²) in [5.74, 6) is -0.506. The van der Waals surface area contributed by atoms with E-state index in [1.807, 2.05) is 51.1 Å². The van der Waals surface area contributed by atoms with Crippen molar-refractivity contribution in [2.24, 2.45) is 5.41 Å². The fraction of sp³-hybridized carbons (Fsp3) is 0.538. The van der Waals surface area contributed by atoms with Gasteiger partial charge in [0.15, 0.2) is 18.0 Å². The number of hydrogen-bond acceptors (Lipinski definition) is 5. The number of carbonyl (C=O) groups excluding carboxylic acids is 1. The third kappa shape index (κ3) is 6.48. The Labute approximate surface area is 205 Å². The molecule has 0 radical (unpaired) electrons. The van der Waals surface area contributed by atoms with Gasteiger partial charge in [-0.05, 0) is 60.5 Å². The lowest BCUT2D eigenvalue weighted by Gasteiger charge is -2.40. The molecule has 1 aromatic carbocycles. The molecule has 1 aliphatic rings. The van der Waals surface area contributed by atoms with Crippen LogP contribution in [-0.2, 0) is 20.9 Å². The molecule has 1 atom stereocenters. The minimum Gasteiger partial charge on any atom is -0.618 e. The van der Waals surface area contributed by atoms with Crippen LogP contribution < -0.4 is 9.63 Å². The van der Waals surface area contributed by atoms with Crippen molar-refractivity contribution in [1.82, 2.24) is 0 Å². The van der Waals surface area contributed by atoms with Crippen LogP contribution >= 0.6 is 15.9 Å². The molecule has 1 aliphatic heterocycles. The molecule has 0 saturated carbocycles. The van der Waals surface area contributed by atoms with E-state index in [9.17, 15) is 10.0 Å². The molecule has 6 nitrogen and oxygen atoms in total. The largest absolute Gasteiger partial charge is 0.618 e. The van der Waals surface area contributed by atoms with Crippen molar-refractivity contribution in [3.63, 3.8) is 0 Å². The highest BCUT2D eigenvalue weighted by Gasteiger charge is 2.38. The average molecular weight is 519 g/mol. The minimum absolute atomic E-state index is 0.140. The average Bonchev–Trinajstić information content (AvgIpc) is 2.73.